The van der Waals surface area contributed by atoms with Gasteiger partial charge in [-0.3, -0.25) is 4.98 Å². The van der Waals surface area contributed by atoms with Crippen LogP contribution in [0.4, 0.5) is 0 Å². The molecular formula is C105H61N5. The first-order valence-corrected chi connectivity index (χ1v) is 37.4. The van der Waals surface area contributed by atoms with E-state index in [2.05, 4.69) is 342 Å². The number of aromatic nitrogens is 3. The topological polar surface area (TPSA) is 70.3 Å². The fourth-order valence-electron chi connectivity index (χ4n) is 18.2. The first kappa shape index (κ1) is 62.4. The predicted octanol–water partition coefficient (Wildman–Crippen LogP) is 28.0. The Balaban J connectivity index is 0.000000136. The van der Waals surface area contributed by atoms with Crippen LogP contribution in [0.3, 0.4) is 0 Å². The van der Waals surface area contributed by atoms with Gasteiger partial charge in [0.2, 0.25) is 0 Å². The second kappa shape index (κ2) is 24.8. The molecule has 506 valence electrons. The van der Waals surface area contributed by atoms with Crippen LogP contribution in [0.5, 0.6) is 0 Å². The maximum Gasteiger partial charge on any atom is 0.0992 e. The van der Waals surface area contributed by atoms with Crippen molar-refractivity contribution in [3.8, 4) is 90.3 Å². The molecule has 0 saturated heterocycles. The van der Waals surface area contributed by atoms with Gasteiger partial charge in [0.15, 0.2) is 0 Å². The van der Waals surface area contributed by atoms with Crippen LogP contribution < -0.4 is 0 Å². The lowest BCUT2D eigenvalue weighted by Gasteiger charge is -2.17. The summed E-state index contributed by atoms with van der Waals surface area (Å²) in [4.78, 5) is 4.44. The molecule has 0 N–H and O–H groups in total. The molecule has 23 aromatic rings. The molecule has 0 aliphatic rings. The minimum atomic E-state index is 0.666. The standard InChI is InChI=1S/C55H32N2.C50H29N3/c56-33-34-27-38-25-26-39-29-40(30-53-55(39)54(38)52(28-34)57(53)41-13-2-1-3-14-41)35-21-23-37(24-22-35)48-31-50-47-19-9-8-18-46(47)49(32-51(50)45-17-7-6-16-44(45)48)43-20-10-12-36-11-4-5-15-42(36)43;51-29-31-23-34-20-21-35-25-37(26-48-50(35)49(34)47(24-31)53(48)38-10-2-1-3-11-38)32-16-18-33(19-17-32)43-27-45-42-15-7-5-13-40(42)44(36-9-8-22-52-30-36)28-46(45)41-14-6-4-12-39(41)43/h1-32H;1-28,30H. The number of hydrogen-bond acceptors (Lipinski definition) is 3. The van der Waals surface area contributed by atoms with Gasteiger partial charge in [0.05, 0.1) is 45.3 Å². The summed E-state index contributed by atoms with van der Waals surface area (Å²) in [6, 6.07) is 134. The highest BCUT2D eigenvalue weighted by atomic mass is 15.0. The monoisotopic (exact) mass is 1390 g/mol. The molecule has 0 fully saturated rings. The molecule has 5 heteroatoms. The Morgan fingerprint density at radius 3 is 0.973 bits per heavy atom. The third-order valence-corrected chi connectivity index (χ3v) is 23.1. The van der Waals surface area contributed by atoms with Crippen LogP contribution in [-0.4, -0.2) is 14.1 Å². The fraction of sp³-hybridized carbons (Fsp3) is 0. The molecule has 23 rings (SSSR count). The average Bonchev–Trinajstić information content (AvgIpc) is 1.43. The van der Waals surface area contributed by atoms with Crippen LogP contribution in [0.2, 0.25) is 0 Å². The van der Waals surface area contributed by atoms with Gasteiger partial charge in [0.1, 0.15) is 0 Å². The summed E-state index contributed by atoms with van der Waals surface area (Å²) in [5, 5.41) is 46.7. The van der Waals surface area contributed by atoms with Gasteiger partial charge in [0.25, 0.3) is 0 Å². The number of benzene rings is 20. The Morgan fingerprint density at radius 1 is 0.209 bits per heavy atom. The maximum absolute atomic E-state index is 9.93. The molecule has 3 aromatic heterocycles. The average molecular weight is 1390 g/mol. The number of rotatable bonds is 8. The molecule has 110 heavy (non-hydrogen) atoms. The van der Waals surface area contributed by atoms with Gasteiger partial charge < -0.3 is 9.13 Å². The van der Waals surface area contributed by atoms with Crippen molar-refractivity contribution in [1.29, 1.82) is 10.5 Å². The maximum atomic E-state index is 9.93. The summed E-state index contributed by atoms with van der Waals surface area (Å²) in [7, 11) is 0. The van der Waals surface area contributed by atoms with Gasteiger partial charge in [-0.1, -0.05) is 255 Å². The second-order valence-electron chi connectivity index (χ2n) is 29.1. The van der Waals surface area contributed by atoms with Gasteiger partial charge in [0, 0.05) is 50.9 Å². The third-order valence-electron chi connectivity index (χ3n) is 23.1. The Kier molecular flexibility index (Phi) is 14.1. The van der Waals surface area contributed by atoms with Crippen LogP contribution in [0.15, 0.2) is 370 Å². The molecule has 0 radical (unpaired) electrons. The molecule has 0 atom stereocenters. The highest BCUT2D eigenvalue weighted by Gasteiger charge is 2.24. The molecule has 0 amide bonds. The Bertz CT molecular complexity index is 7810. The highest BCUT2D eigenvalue weighted by molar-refractivity contribution is 6.29. The van der Waals surface area contributed by atoms with Crippen molar-refractivity contribution in [2.45, 2.75) is 0 Å². The van der Waals surface area contributed by atoms with Crippen LogP contribution in [0.25, 0.3) is 219 Å². The van der Waals surface area contributed by atoms with E-state index in [1.807, 2.05) is 54.9 Å². The summed E-state index contributed by atoms with van der Waals surface area (Å²) in [5.74, 6) is 0. The van der Waals surface area contributed by atoms with E-state index in [0.717, 1.165) is 72.0 Å². The lowest BCUT2D eigenvalue weighted by atomic mass is 9.86. The first-order valence-electron chi connectivity index (χ1n) is 37.4. The molecular weight excluding hydrogens is 1330 g/mol. The lowest BCUT2D eigenvalue weighted by molar-refractivity contribution is 1.18. The number of nitriles is 2. The van der Waals surface area contributed by atoms with Gasteiger partial charge >= 0.3 is 0 Å². The SMILES string of the molecule is N#Cc1cc2ccc3cc(-c4ccc(-c5cc6c7ccccc7c(-c7cccc8ccccc78)cc6c6ccccc56)cc4)cc4c3c2c(c1)n4-c1ccccc1.N#Cc1cc2ccc3cc(-c4ccc(-c5cc6c7ccccc7c(-c7cccnc7)cc6c6ccccc56)cc4)cc4c3c2c(c1)n4-c1ccccc1. The summed E-state index contributed by atoms with van der Waals surface area (Å²) < 4.78 is 4.63. The lowest BCUT2D eigenvalue weighted by Crippen LogP contribution is -1.94. The number of nitrogens with zero attached hydrogens (tertiary/aromatic N) is 5. The molecule has 20 aromatic carbocycles. The highest BCUT2D eigenvalue weighted by Crippen LogP contribution is 2.49. The number of pyridine rings is 1. The summed E-state index contributed by atoms with van der Waals surface area (Å²) in [5.41, 5.74) is 22.2. The van der Waals surface area contributed by atoms with E-state index in [-0.39, 0.29) is 0 Å². The van der Waals surface area contributed by atoms with Gasteiger partial charge in [-0.2, -0.15) is 10.5 Å². The van der Waals surface area contributed by atoms with E-state index in [1.54, 1.807) is 0 Å². The van der Waals surface area contributed by atoms with Crippen molar-refractivity contribution in [3.63, 3.8) is 0 Å². The molecule has 5 nitrogen and oxygen atoms in total. The Hall–Kier alpha value is -15.0. The van der Waals surface area contributed by atoms with Crippen molar-refractivity contribution in [3.05, 3.63) is 381 Å². The van der Waals surface area contributed by atoms with Crippen molar-refractivity contribution >= 4 is 141 Å². The van der Waals surface area contributed by atoms with Crippen LogP contribution in [0, 0.1) is 22.7 Å². The van der Waals surface area contributed by atoms with Gasteiger partial charge in [-0.15, -0.1) is 0 Å². The van der Waals surface area contributed by atoms with Crippen molar-refractivity contribution < 1.29 is 0 Å². The zero-order valence-electron chi connectivity index (χ0n) is 59.5. The van der Waals surface area contributed by atoms with Crippen LogP contribution in [-0.2, 0) is 0 Å². The molecule has 0 unspecified atom stereocenters. The summed E-state index contributed by atoms with van der Waals surface area (Å²) in [6.45, 7) is 0. The van der Waals surface area contributed by atoms with Crippen molar-refractivity contribution in [2.24, 2.45) is 0 Å². The molecule has 0 aliphatic heterocycles. The third kappa shape index (κ3) is 9.76. The first-order chi connectivity index (χ1) is 54.4. The zero-order valence-corrected chi connectivity index (χ0v) is 59.5. The molecule has 3 heterocycles. The van der Waals surface area contributed by atoms with E-state index in [9.17, 15) is 10.5 Å². The largest absolute Gasteiger partial charge is 0.309 e. The minimum absolute atomic E-state index is 0.666. The zero-order chi connectivity index (χ0) is 72.7. The summed E-state index contributed by atoms with van der Waals surface area (Å²) in [6.07, 6.45) is 3.79. The van der Waals surface area contributed by atoms with E-state index >= 15 is 0 Å². The number of para-hydroxylation sites is 2. The Labute approximate surface area is 632 Å². The van der Waals surface area contributed by atoms with Gasteiger partial charge in [-0.25, -0.2) is 0 Å². The normalized spacial score (nSPS) is 11.8. The van der Waals surface area contributed by atoms with Crippen molar-refractivity contribution in [1.82, 2.24) is 14.1 Å². The van der Waals surface area contributed by atoms with E-state index in [1.165, 1.54) is 147 Å². The van der Waals surface area contributed by atoms with Crippen molar-refractivity contribution in [2.75, 3.05) is 0 Å². The molecule has 0 saturated carbocycles. The van der Waals surface area contributed by atoms with Crippen LogP contribution in [0.1, 0.15) is 11.1 Å². The predicted molar refractivity (Wildman–Crippen MR) is 461 cm³/mol. The second-order valence-corrected chi connectivity index (χ2v) is 29.1. The number of hydrogen-bond donors (Lipinski definition) is 0. The quantitative estimate of drug-likeness (QED) is 0.142. The molecule has 0 bridgehead atoms. The van der Waals surface area contributed by atoms with Gasteiger partial charge in [-0.05, 0) is 261 Å². The Morgan fingerprint density at radius 2 is 0.555 bits per heavy atom. The minimum Gasteiger partial charge on any atom is -0.309 e. The number of fused-ring (bicyclic) bond motifs is 11. The fourth-order valence-corrected chi connectivity index (χ4v) is 18.2. The van der Waals surface area contributed by atoms with Crippen LogP contribution >= 0.6 is 0 Å². The smallest absolute Gasteiger partial charge is 0.0992 e. The molecule has 0 spiro atoms. The molecule has 0 aliphatic carbocycles. The van der Waals surface area contributed by atoms with E-state index in [4.69, 9.17) is 0 Å². The van der Waals surface area contributed by atoms with E-state index in [0.29, 0.717) is 11.1 Å². The summed E-state index contributed by atoms with van der Waals surface area (Å²) >= 11 is 0. The van der Waals surface area contributed by atoms with E-state index < -0.39 is 0 Å².